The van der Waals surface area contributed by atoms with E-state index in [2.05, 4.69) is 42.2 Å². The van der Waals surface area contributed by atoms with Gasteiger partial charge >= 0.3 is 0 Å². The zero-order valence-corrected chi connectivity index (χ0v) is 24.6. The molecule has 0 spiro atoms. The first-order chi connectivity index (χ1) is 18.7. The van der Waals surface area contributed by atoms with Crippen LogP contribution in [-0.4, -0.2) is 67.1 Å². The van der Waals surface area contributed by atoms with Crippen LogP contribution in [0.4, 0.5) is 0 Å². The highest BCUT2D eigenvalue weighted by Gasteiger charge is 2.21. The molecule has 1 atom stereocenters. The number of carbonyl (C=O) groups is 2. The van der Waals surface area contributed by atoms with Crippen molar-refractivity contribution in [2.24, 2.45) is 12.0 Å². The molecule has 0 aliphatic rings. The number of hydrogen-bond donors (Lipinski definition) is 0. The van der Waals surface area contributed by atoms with Gasteiger partial charge in [-0.25, -0.2) is 0 Å². The Hall–Kier alpha value is -3.84. The van der Waals surface area contributed by atoms with Crippen LogP contribution in [0.3, 0.4) is 0 Å². The van der Waals surface area contributed by atoms with Crippen LogP contribution in [0.2, 0.25) is 0 Å². The van der Waals surface area contributed by atoms with E-state index in [0.29, 0.717) is 24.0 Å². The lowest BCUT2D eigenvalue weighted by atomic mass is 9.98. The molecule has 1 amide bonds. The van der Waals surface area contributed by atoms with Crippen LogP contribution >= 0.6 is 11.8 Å². The lowest BCUT2D eigenvalue weighted by Crippen LogP contribution is -2.39. The van der Waals surface area contributed by atoms with Crippen LogP contribution in [0.25, 0.3) is 27.9 Å². The average molecular weight is 544 g/mol. The molecule has 1 unspecified atom stereocenters. The summed E-state index contributed by atoms with van der Waals surface area (Å²) in [5, 5.41) is 2.22. The number of aldehydes is 1. The largest absolute Gasteiger partial charge is 0.491 e. The van der Waals surface area contributed by atoms with Gasteiger partial charge in [-0.15, -0.1) is 0 Å². The van der Waals surface area contributed by atoms with E-state index >= 15 is 0 Å². The minimum atomic E-state index is -0.211. The number of ether oxygens (including phenoxy) is 1. The zero-order chi connectivity index (χ0) is 28.7. The second-order valence-electron chi connectivity index (χ2n) is 9.42. The van der Waals surface area contributed by atoms with Gasteiger partial charge in [-0.05, 0) is 67.8 Å². The molecule has 3 aromatic carbocycles. The Labute approximate surface area is 235 Å². The summed E-state index contributed by atoms with van der Waals surface area (Å²) in [6.07, 6.45) is 8.53. The zero-order valence-electron chi connectivity index (χ0n) is 23.8. The number of benzene rings is 3. The Morgan fingerprint density at radius 2 is 1.85 bits per heavy atom. The van der Waals surface area contributed by atoms with E-state index in [0.717, 1.165) is 44.2 Å². The fraction of sp³-hybridized carbons (Fsp3) is 0.281. The summed E-state index contributed by atoms with van der Waals surface area (Å²) in [6, 6.07) is 14.8. The predicted octanol–water partition coefficient (Wildman–Crippen LogP) is 6.66. The lowest BCUT2D eigenvalue weighted by molar-refractivity contribution is 0.0694. The fourth-order valence-corrected chi connectivity index (χ4v) is 4.75. The molecule has 0 radical (unpaired) electrons. The lowest BCUT2D eigenvalue weighted by Gasteiger charge is -2.25. The second kappa shape index (κ2) is 13.3. The molecular formula is C32H37N3O3S. The van der Waals surface area contributed by atoms with Gasteiger partial charge in [0.05, 0.1) is 17.1 Å². The molecular weight excluding hydrogens is 506 g/mol. The first-order valence-corrected chi connectivity index (χ1v) is 14.3. The van der Waals surface area contributed by atoms with E-state index in [1.807, 2.05) is 43.9 Å². The molecule has 1 aromatic heterocycles. The van der Waals surface area contributed by atoms with Crippen molar-refractivity contribution in [2.45, 2.75) is 19.9 Å². The van der Waals surface area contributed by atoms with Gasteiger partial charge in [-0.3, -0.25) is 14.6 Å². The Morgan fingerprint density at radius 1 is 1.15 bits per heavy atom. The molecule has 6 nitrogen and oxygen atoms in total. The highest BCUT2D eigenvalue weighted by Crippen LogP contribution is 2.35. The summed E-state index contributed by atoms with van der Waals surface area (Å²) in [5.74, 6) is 0.518. The van der Waals surface area contributed by atoms with Crippen molar-refractivity contribution >= 4 is 58.1 Å². The number of carbonyl (C=O) groups excluding carboxylic acids is 2. The van der Waals surface area contributed by atoms with Gasteiger partial charge in [0, 0.05) is 54.8 Å². The van der Waals surface area contributed by atoms with Gasteiger partial charge in [0.2, 0.25) is 0 Å². The highest BCUT2D eigenvalue weighted by atomic mass is 32.2. The molecule has 4 rings (SSSR count). The summed E-state index contributed by atoms with van der Waals surface area (Å²) in [6.45, 7) is 8.35. The molecule has 0 N–H and O–H groups in total. The summed E-state index contributed by atoms with van der Waals surface area (Å²) in [7, 11) is 5.56. The standard InChI is InChI=1S/C30H31N3O3.C2H6S/c1-7-24-20(3)29-27(14-22(24)16-31-4)26-15-23(12-13-28(26)33(29)6)36-18-19(2)32(5)30(35)25-11-9-8-10-21(25)17-34;1-3-2/h7-17,19H,1,18H2,2-6H3;1-2H3. The number of rotatable bonds is 8. The molecule has 39 heavy (non-hydrogen) atoms. The molecule has 0 aliphatic carbocycles. The minimum Gasteiger partial charge on any atom is -0.491 e. The van der Waals surface area contributed by atoms with Crippen LogP contribution in [0, 0.1) is 6.92 Å². The maximum atomic E-state index is 13.0. The first-order valence-electron chi connectivity index (χ1n) is 12.7. The third-order valence-corrected chi connectivity index (χ3v) is 6.84. The second-order valence-corrected chi connectivity index (χ2v) is 10.2. The normalized spacial score (nSPS) is 11.8. The Kier molecular flexibility index (Phi) is 10.1. The number of aryl methyl sites for hydroxylation is 2. The molecule has 0 bridgehead atoms. The third-order valence-electron chi connectivity index (χ3n) is 6.84. The van der Waals surface area contributed by atoms with Crippen LogP contribution < -0.4 is 4.74 Å². The molecule has 1 heterocycles. The topological polar surface area (TPSA) is 63.9 Å². The van der Waals surface area contributed by atoms with Crippen molar-refractivity contribution < 1.29 is 14.3 Å². The van der Waals surface area contributed by atoms with Crippen molar-refractivity contribution in [1.29, 1.82) is 0 Å². The van der Waals surface area contributed by atoms with Crippen LogP contribution in [0.1, 0.15) is 44.3 Å². The van der Waals surface area contributed by atoms with Crippen molar-refractivity contribution in [3.05, 3.63) is 82.9 Å². The van der Waals surface area contributed by atoms with Gasteiger partial charge in [0.15, 0.2) is 6.29 Å². The number of likely N-dealkylation sites (N-methyl/N-ethyl adjacent to an activating group) is 1. The predicted molar refractivity (Wildman–Crippen MR) is 167 cm³/mol. The van der Waals surface area contributed by atoms with E-state index in [-0.39, 0.29) is 11.9 Å². The Bertz CT molecular complexity index is 1540. The summed E-state index contributed by atoms with van der Waals surface area (Å²) in [5.41, 5.74) is 6.28. The molecule has 0 aliphatic heterocycles. The number of amides is 1. The quantitative estimate of drug-likeness (QED) is 0.184. The Morgan fingerprint density at radius 3 is 2.49 bits per heavy atom. The minimum absolute atomic E-state index is 0.204. The van der Waals surface area contributed by atoms with Gasteiger partial charge in [0.1, 0.15) is 12.4 Å². The van der Waals surface area contributed by atoms with Crippen molar-refractivity contribution in [3.63, 3.8) is 0 Å². The van der Waals surface area contributed by atoms with Crippen LogP contribution in [-0.2, 0) is 7.05 Å². The SMILES string of the molecule is C=Cc1c(C=NC)cc2c3cc(OCC(C)N(C)C(=O)c4ccccc4C=O)ccc3n(C)c2c1C.CSC. The van der Waals surface area contributed by atoms with Crippen LogP contribution in [0.5, 0.6) is 5.75 Å². The molecule has 0 saturated heterocycles. The van der Waals surface area contributed by atoms with Crippen molar-refractivity contribution in [1.82, 2.24) is 9.47 Å². The van der Waals surface area contributed by atoms with E-state index < -0.39 is 0 Å². The van der Waals surface area contributed by atoms with E-state index in [4.69, 9.17) is 4.74 Å². The summed E-state index contributed by atoms with van der Waals surface area (Å²) >= 11 is 1.75. The molecule has 4 aromatic rings. The summed E-state index contributed by atoms with van der Waals surface area (Å²) in [4.78, 5) is 30.1. The smallest absolute Gasteiger partial charge is 0.254 e. The van der Waals surface area contributed by atoms with Crippen molar-refractivity contribution in [3.8, 4) is 5.75 Å². The number of aromatic nitrogens is 1. The van der Waals surface area contributed by atoms with E-state index in [9.17, 15) is 9.59 Å². The molecule has 0 fully saturated rings. The monoisotopic (exact) mass is 543 g/mol. The van der Waals surface area contributed by atoms with Gasteiger partial charge in [-0.1, -0.05) is 30.9 Å². The van der Waals surface area contributed by atoms with Gasteiger partial charge < -0.3 is 14.2 Å². The number of thioether (sulfide) groups is 1. The van der Waals surface area contributed by atoms with Crippen LogP contribution in [0.15, 0.2) is 60.1 Å². The highest BCUT2D eigenvalue weighted by molar-refractivity contribution is 7.97. The number of fused-ring (bicyclic) bond motifs is 3. The maximum absolute atomic E-state index is 13.0. The average Bonchev–Trinajstić information content (AvgIpc) is 3.22. The van der Waals surface area contributed by atoms with Gasteiger partial charge in [0.25, 0.3) is 5.91 Å². The van der Waals surface area contributed by atoms with E-state index in [1.54, 1.807) is 55.0 Å². The third kappa shape index (κ3) is 6.09. The molecule has 7 heteroatoms. The first kappa shape index (κ1) is 29.7. The Balaban J connectivity index is 0.00000134. The summed E-state index contributed by atoms with van der Waals surface area (Å²) < 4.78 is 8.33. The molecule has 0 saturated carbocycles. The molecule has 204 valence electrons. The number of hydrogen-bond acceptors (Lipinski definition) is 5. The van der Waals surface area contributed by atoms with Gasteiger partial charge in [-0.2, -0.15) is 11.8 Å². The maximum Gasteiger partial charge on any atom is 0.254 e. The number of nitrogens with zero attached hydrogens (tertiary/aromatic N) is 3. The fourth-order valence-electron chi connectivity index (χ4n) is 4.75. The number of aliphatic imine (C=N–C) groups is 1. The van der Waals surface area contributed by atoms with E-state index in [1.165, 1.54) is 0 Å². The van der Waals surface area contributed by atoms with Crippen molar-refractivity contribution in [2.75, 3.05) is 33.2 Å².